The van der Waals surface area contributed by atoms with Gasteiger partial charge in [-0.1, -0.05) is 0 Å². The molecule has 2 aromatic heterocycles. The maximum Gasteiger partial charge on any atom is 0.491 e. The fourth-order valence-corrected chi connectivity index (χ4v) is 3.85. The van der Waals surface area contributed by atoms with Gasteiger partial charge in [0.1, 0.15) is 11.9 Å². The number of alkyl halides is 3. The minimum Gasteiger partial charge on any atom is -0.480 e. The number of thiophene rings is 1. The van der Waals surface area contributed by atoms with Gasteiger partial charge in [0.05, 0.1) is 16.8 Å². The number of halogens is 3. The molecule has 0 saturated heterocycles. The van der Waals surface area contributed by atoms with Gasteiger partial charge in [-0.15, -0.1) is 11.3 Å². The number of nitrogens with zero attached hydrogens (tertiary/aromatic N) is 1. The Morgan fingerprint density at radius 1 is 1.31 bits per heavy atom. The number of fused-ring (bicyclic) bond motifs is 1. The Hall–Kier alpha value is -3.03. The number of aromatic nitrogens is 1. The second-order valence-electron chi connectivity index (χ2n) is 6.68. The molecule has 3 N–H and O–H groups in total. The van der Waals surface area contributed by atoms with Crippen molar-refractivity contribution in [2.24, 2.45) is 0 Å². The van der Waals surface area contributed by atoms with Crippen LogP contribution in [0.3, 0.4) is 0 Å². The SMILES string of the molecule is O=C(COc1ccc(C(O)CNC(=O)c2cc3c(s2)CCNC3)nc1)OC(=O)C(F)(F)F. The lowest BCUT2D eigenvalue weighted by molar-refractivity contribution is -0.202. The number of aliphatic hydroxyl groups is 1. The number of amides is 1. The Labute approximate surface area is 183 Å². The zero-order valence-electron chi connectivity index (χ0n) is 16.4. The van der Waals surface area contributed by atoms with E-state index in [0.29, 0.717) is 4.88 Å². The molecule has 9 nitrogen and oxygen atoms in total. The quantitative estimate of drug-likeness (QED) is 0.405. The van der Waals surface area contributed by atoms with E-state index >= 15 is 0 Å². The van der Waals surface area contributed by atoms with Crippen molar-refractivity contribution in [3.63, 3.8) is 0 Å². The number of pyridine rings is 1. The summed E-state index contributed by atoms with van der Waals surface area (Å²) in [5.41, 5.74) is 1.29. The fourth-order valence-electron chi connectivity index (χ4n) is 2.75. The lowest BCUT2D eigenvalue weighted by atomic mass is 10.1. The summed E-state index contributed by atoms with van der Waals surface area (Å²) < 4.78 is 44.6. The van der Waals surface area contributed by atoms with Crippen LogP contribution in [0.25, 0.3) is 0 Å². The smallest absolute Gasteiger partial charge is 0.480 e. The molecular weight excluding hydrogens is 455 g/mol. The molecular formula is C19H18F3N3O6S. The number of hydrogen-bond donors (Lipinski definition) is 3. The van der Waals surface area contributed by atoms with E-state index in [0.717, 1.165) is 31.3 Å². The van der Waals surface area contributed by atoms with Gasteiger partial charge in [0, 0.05) is 24.5 Å². The van der Waals surface area contributed by atoms with Gasteiger partial charge in [0.2, 0.25) is 0 Å². The molecule has 32 heavy (non-hydrogen) atoms. The van der Waals surface area contributed by atoms with E-state index in [9.17, 15) is 32.7 Å². The molecule has 1 amide bonds. The summed E-state index contributed by atoms with van der Waals surface area (Å²) >= 11 is 1.42. The number of carbonyl (C=O) groups excluding carboxylic acids is 3. The number of aliphatic hydroxyl groups excluding tert-OH is 1. The predicted molar refractivity (Wildman–Crippen MR) is 104 cm³/mol. The maximum absolute atomic E-state index is 12.3. The van der Waals surface area contributed by atoms with Crippen molar-refractivity contribution in [3.05, 3.63) is 45.4 Å². The summed E-state index contributed by atoms with van der Waals surface area (Å²) in [7, 11) is 0. The minimum atomic E-state index is -5.29. The van der Waals surface area contributed by atoms with Gasteiger partial charge in [-0.25, -0.2) is 9.59 Å². The van der Waals surface area contributed by atoms with Gasteiger partial charge in [0.25, 0.3) is 5.91 Å². The average molecular weight is 473 g/mol. The van der Waals surface area contributed by atoms with Gasteiger partial charge in [-0.2, -0.15) is 13.2 Å². The molecule has 1 unspecified atom stereocenters. The molecule has 2 aromatic rings. The second kappa shape index (κ2) is 10.1. The highest BCUT2D eigenvalue weighted by molar-refractivity contribution is 7.14. The highest BCUT2D eigenvalue weighted by Gasteiger charge is 2.42. The van der Waals surface area contributed by atoms with E-state index in [1.165, 1.54) is 28.3 Å². The fraction of sp³-hybridized carbons (Fsp3) is 0.368. The van der Waals surface area contributed by atoms with Crippen molar-refractivity contribution in [2.45, 2.75) is 25.2 Å². The molecule has 1 atom stereocenters. The van der Waals surface area contributed by atoms with Crippen molar-refractivity contribution in [1.29, 1.82) is 0 Å². The second-order valence-corrected chi connectivity index (χ2v) is 7.82. The Morgan fingerprint density at radius 2 is 2.09 bits per heavy atom. The summed E-state index contributed by atoms with van der Waals surface area (Å²) in [6.45, 7) is 0.544. The largest absolute Gasteiger partial charge is 0.491 e. The third kappa shape index (κ3) is 6.24. The Morgan fingerprint density at radius 3 is 2.75 bits per heavy atom. The van der Waals surface area contributed by atoms with Gasteiger partial charge in [-0.3, -0.25) is 9.78 Å². The highest BCUT2D eigenvalue weighted by atomic mass is 32.1. The Kier molecular flexibility index (Phi) is 7.43. The summed E-state index contributed by atoms with van der Waals surface area (Å²) in [4.78, 5) is 39.7. The summed E-state index contributed by atoms with van der Waals surface area (Å²) in [6.07, 6.45) is -4.42. The average Bonchev–Trinajstić information content (AvgIpc) is 3.20. The molecule has 0 aromatic carbocycles. The molecule has 0 aliphatic carbocycles. The van der Waals surface area contributed by atoms with Crippen LogP contribution in [0.5, 0.6) is 5.75 Å². The summed E-state index contributed by atoms with van der Waals surface area (Å²) in [5, 5.41) is 16.1. The number of carbonyl (C=O) groups is 3. The minimum absolute atomic E-state index is 0.000770. The van der Waals surface area contributed by atoms with E-state index in [1.807, 2.05) is 6.07 Å². The number of ether oxygens (including phenoxy) is 2. The molecule has 3 rings (SSSR count). The van der Waals surface area contributed by atoms with Crippen LogP contribution >= 0.6 is 11.3 Å². The van der Waals surface area contributed by atoms with Crippen LogP contribution in [-0.4, -0.2) is 53.8 Å². The number of rotatable bonds is 7. The van der Waals surface area contributed by atoms with Crippen LogP contribution in [0.2, 0.25) is 0 Å². The third-order valence-corrected chi connectivity index (χ3v) is 5.55. The van der Waals surface area contributed by atoms with Gasteiger partial charge >= 0.3 is 18.1 Å². The van der Waals surface area contributed by atoms with E-state index in [1.54, 1.807) is 0 Å². The van der Waals surface area contributed by atoms with Crippen LogP contribution in [-0.2, 0) is 27.3 Å². The zero-order chi connectivity index (χ0) is 23.3. The number of nitrogens with one attached hydrogen (secondary N) is 2. The lowest BCUT2D eigenvalue weighted by Crippen LogP contribution is -2.30. The zero-order valence-corrected chi connectivity index (χ0v) is 17.2. The van der Waals surface area contributed by atoms with Crippen LogP contribution in [0.1, 0.15) is 31.9 Å². The summed E-state index contributed by atoms with van der Waals surface area (Å²) in [5.74, 6) is -4.47. The first kappa shape index (κ1) is 23.6. The highest BCUT2D eigenvalue weighted by Crippen LogP contribution is 2.25. The maximum atomic E-state index is 12.3. The van der Waals surface area contributed by atoms with Crippen molar-refractivity contribution >= 4 is 29.2 Å². The number of hydrogen-bond acceptors (Lipinski definition) is 9. The van der Waals surface area contributed by atoms with Gasteiger partial charge in [-0.05, 0) is 30.2 Å². The van der Waals surface area contributed by atoms with Crippen molar-refractivity contribution in [1.82, 2.24) is 15.6 Å². The van der Waals surface area contributed by atoms with E-state index in [4.69, 9.17) is 4.74 Å². The van der Waals surface area contributed by atoms with Crippen molar-refractivity contribution in [2.75, 3.05) is 19.7 Å². The molecule has 0 spiro atoms. The topological polar surface area (TPSA) is 127 Å². The lowest BCUT2D eigenvalue weighted by Gasteiger charge is -2.12. The van der Waals surface area contributed by atoms with Crippen LogP contribution in [0.15, 0.2) is 24.4 Å². The van der Waals surface area contributed by atoms with E-state index in [2.05, 4.69) is 20.4 Å². The van der Waals surface area contributed by atoms with Gasteiger partial charge < -0.3 is 25.2 Å². The molecule has 0 bridgehead atoms. The van der Waals surface area contributed by atoms with Crippen LogP contribution in [0.4, 0.5) is 13.2 Å². The van der Waals surface area contributed by atoms with Crippen molar-refractivity contribution < 1.29 is 42.1 Å². The molecule has 13 heteroatoms. The molecule has 1 aliphatic rings. The summed E-state index contributed by atoms with van der Waals surface area (Å²) in [6, 6.07) is 4.49. The predicted octanol–water partition coefficient (Wildman–Crippen LogP) is 1.26. The Balaban J connectivity index is 1.45. The molecule has 0 fully saturated rings. The van der Waals surface area contributed by atoms with Crippen LogP contribution in [0, 0.1) is 0 Å². The first-order chi connectivity index (χ1) is 15.1. The first-order valence-corrected chi connectivity index (χ1v) is 10.1. The first-order valence-electron chi connectivity index (χ1n) is 9.32. The van der Waals surface area contributed by atoms with Crippen LogP contribution < -0.4 is 15.4 Å². The normalized spacial score (nSPS) is 14.2. The molecule has 3 heterocycles. The molecule has 0 radical (unpaired) electrons. The molecule has 0 saturated carbocycles. The standard InChI is InChI=1S/C19H18F3N3O6S/c20-19(21,22)18(29)31-16(27)9-30-11-1-2-12(24-7-11)13(26)8-25-17(28)15-5-10-6-23-4-3-14(10)32-15/h1-2,5,7,13,23,26H,3-4,6,8-9H2,(H,25,28). The van der Waals surface area contributed by atoms with E-state index in [-0.39, 0.29) is 23.9 Å². The third-order valence-electron chi connectivity index (χ3n) is 4.32. The monoisotopic (exact) mass is 473 g/mol. The van der Waals surface area contributed by atoms with Crippen molar-refractivity contribution in [3.8, 4) is 5.75 Å². The number of esters is 2. The van der Waals surface area contributed by atoms with E-state index < -0.39 is 30.8 Å². The van der Waals surface area contributed by atoms with Gasteiger partial charge in [0.15, 0.2) is 6.61 Å². The molecule has 1 aliphatic heterocycles. The molecule has 172 valence electrons. The Bertz CT molecular complexity index is 970.